The maximum absolute atomic E-state index is 12.4. The molecule has 1 aromatic carbocycles. The van der Waals surface area contributed by atoms with Gasteiger partial charge in [0, 0.05) is 38.8 Å². The molecule has 1 heterocycles. The molecule has 0 atom stereocenters. The molecule has 0 radical (unpaired) electrons. The Kier molecular flexibility index (Phi) is 11.0. The van der Waals surface area contributed by atoms with Gasteiger partial charge in [0.25, 0.3) is 0 Å². The lowest BCUT2D eigenvalue weighted by Gasteiger charge is -2.48. The van der Waals surface area contributed by atoms with Gasteiger partial charge < -0.3 is 15.4 Å². The summed E-state index contributed by atoms with van der Waals surface area (Å²) in [4.78, 5) is 7.33. The van der Waals surface area contributed by atoms with Crippen molar-refractivity contribution in [2.24, 2.45) is 4.99 Å². The van der Waals surface area contributed by atoms with Crippen molar-refractivity contribution in [3.8, 4) is 0 Å². The Hall–Kier alpha value is -0.910. The van der Waals surface area contributed by atoms with E-state index >= 15 is 0 Å². The third-order valence-corrected chi connectivity index (χ3v) is 8.08. The van der Waals surface area contributed by atoms with E-state index in [-0.39, 0.29) is 35.3 Å². The Morgan fingerprint density at radius 1 is 1.10 bits per heavy atom. The van der Waals surface area contributed by atoms with E-state index in [9.17, 15) is 8.42 Å². The van der Waals surface area contributed by atoms with E-state index in [2.05, 4.69) is 20.5 Å². The summed E-state index contributed by atoms with van der Waals surface area (Å²) in [6.45, 7) is 5.02. The third kappa shape index (κ3) is 7.57. The maximum atomic E-state index is 12.4. The number of sulfone groups is 1. The van der Waals surface area contributed by atoms with Crippen LogP contribution in [0.15, 0.2) is 40.2 Å². The van der Waals surface area contributed by atoms with E-state index in [0.29, 0.717) is 17.9 Å². The first-order chi connectivity index (χ1) is 14.6. The summed E-state index contributed by atoms with van der Waals surface area (Å²) in [5, 5.41) is 6.80. The fourth-order valence-corrected chi connectivity index (χ4v) is 5.87. The normalized spacial score (nSPS) is 20.0. The lowest BCUT2D eigenvalue weighted by atomic mass is 9.80. The molecule has 2 aliphatic rings. The van der Waals surface area contributed by atoms with Gasteiger partial charge in [0.2, 0.25) is 0 Å². The first-order valence-corrected chi connectivity index (χ1v) is 12.8. The minimum absolute atomic E-state index is 0. The predicted molar refractivity (Wildman–Crippen MR) is 136 cm³/mol. The van der Waals surface area contributed by atoms with Crippen LogP contribution in [0.4, 0.5) is 0 Å². The molecule has 0 bridgehead atoms. The van der Waals surface area contributed by atoms with E-state index in [0.717, 1.165) is 38.8 Å². The van der Waals surface area contributed by atoms with E-state index < -0.39 is 9.84 Å². The Morgan fingerprint density at radius 3 is 2.42 bits per heavy atom. The van der Waals surface area contributed by atoms with Crippen LogP contribution in [0.25, 0.3) is 0 Å². The number of guanidine groups is 1. The number of rotatable bonds is 8. The number of ether oxygens (including phenoxy) is 1. The Bertz CT molecular complexity index is 777. The van der Waals surface area contributed by atoms with Crippen LogP contribution < -0.4 is 10.6 Å². The molecular weight excluding hydrogens is 527 g/mol. The molecule has 2 N–H and O–H groups in total. The van der Waals surface area contributed by atoms with Gasteiger partial charge in [-0.25, -0.2) is 8.42 Å². The largest absolute Gasteiger partial charge is 0.379 e. The first kappa shape index (κ1) is 26.3. The molecule has 7 nitrogen and oxygen atoms in total. The second-order valence-corrected chi connectivity index (χ2v) is 10.3. The zero-order chi connectivity index (χ0) is 21.3. The van der Waals surface area contributed by atoms with Crippen LogP contribution in [0, 0.1) is 0 Å². The topological polar surface area (TPSA) is 83.0 Å². The van der Waals surface area contributed by atoms with Gasteiger partial charge in [-0.3, -0.25) is 9.89 Å². The quantitative estimate of drug-likeness (QED) is 0.219. The number of morpholine rings is 1. The second kappa shape index (κ2) is 13.0. The SMILES string of the molecule is CN=C(NCCCS(=O)(=O)c1ccccc1)NCC1(N2CCOCC2)CCCCC1.I. The number of nitrogens with zero attached hydrogens (tertiary/aromatic N) is 2. The van der Waals surface area contributed by atoms with Gasteiger partial charge in [-0.1, -0.05) is 37.5 Å². The third-order valence-electron chi connectivity index (χ3n) is 6.26. The van der Waals surface area contributed by atoms with E-state index in [4.69, 9.17) is 4.74 Å². The number of benzene rings is 1. The van der Waals surface area contributed by atoms with Gasteiger partial charge in [-0.2, -0.15) is 0 Å². The average molecular weight is 565 g/mol. The Balaban J connectivity index is 0.00000341. The van der Waals surface area contributed by atoms with Gasteiger partial charge in [-0.15, -0.1) is 24.0 Å². The summed E-state index contributed by atoms with van der Waals surface area (Å²) in [7, 11) is -1.48. The molecule has 0 aromatic heterocycles. The first-order valence-electron chi connectivity index (χ1n) is 11.1. The van der Waals surface area contributed by atoms with Gasteiger partial charge in [0.05, 0.1) is 23.9 Å². The molecular formula is C22H37IN4O3S. The van der Waals surface area contributed by atoms with Crippen molar-refractivity contribution in [2.45, 2.75) is 49.0 Å². The second-order valence-electron chi connectivity index (χ2n) is 8.22. The Morgan fingerprint density at radius 2 is 1.77 bits per heavy atom. The van der Waals surface area contributed by atoms with E-state index in [1.165, 1.54) is 32.1 Å². The van der Waals surface area contributed by atoms with Crippen molar-refractivity contribution in [1.29, 1.82) is 0 Å². The van der Waals surface area contributed by atoms with Crippen molar-refractivity contribution in [2.75, 3.05) is 52.2 Å². The molecule has 0 spiro atoms. The molecule has 9 heteroatoms. The van der Waals surface area contributed by atoms with Gasteiger partial charge >= 0.3 is 0 Å². The number of aliphatic imine (C=N–C) groups is 1. The molecule has 31 heavy (non-hydrogen) atoms. The monoisotopic (exact) mass is 564 g/mol. The van der Waals surface area contributed by atoms with Crippen molar-refractivity contribution in [3.05, 3.63) is 30.3 Å². The minimum Gasteiger partial charge on any atom is -0.379 e. The highest BCUT2D eigenvalue weighted by Gasteiger charge is 2.38. The van der Waals surface area contributed by atoms with Gasteiger partial charge in [0.15, 0.2) is 15.8 Å². The van der Waals surface area contributed by atoms with Gasteiger partial charge in [-0.05, 0) is 31.4 Å². The smallest absolute Gasteiger partial charge is 0.191 e. The molecule has 2 fully saturated rings. The summed E-state index contributed by atoms with van der Waals surface area (Å²) < 4.78 is 30.4. The molecule has 1 aliphatic carbocycles. The standard InChI is InChI=1S/C22H36N4O3S.HI/c1-23-21(24-13-8-18-30(27,28)20-9-4-2-5-10-20)25-19-22(11-6-3-7-12-22)26-14-16-29-17-15-26;/h2,4-5,9-10H,3,6-8,11-19H2,1H3,(H2,23,24,25);1H. The summed E-state index contributed by atoms with van der Waals surface area (Å²) in [5.74, 6) is 0.865. The number of hydrogen-bond acceptors (Lipinski definition) is 5. The van der Waals surface area contributed by atoms with E-state index in [1.807, 2.05) is 6.07 Å². The Labute approximate surface area is 204 Å². The highest BCUT2D eigenvalue weighted by molar-refractivity contribution is 14.0. The number of hydrogen-bond donors (Lipinski definition) is 2. The van der Waals surface area contributed by atoms with Crippen LogP contribution >= 0.6 is 24.0 Å². The van der Waals surface area contributed by atoms with Crippen LogP contribution in [-0.4, -0.2) is 77.0 Å². The fraction of sp³-hybridized carbons (Fsp3) is 0.682. The van der Waals surface area contributed by atoms with E-state index in [1.54, 1.807) is 31.3 Å². The minimum atomic E-state index is -3.24. The summed E-state index contributed by atoms with van der Waals surface area (Å²) in [6.07, 6.45) is 6.78. The lowest BCUT2D eigenvalue weighted by molar-refractivity contribution is -0.0352. The fourth-order valence-electron chi connectivity index (χ4n) is 4.54. The van der Waals surface area contributed by atoms with Crippen LogP contribution in [0.1, 0.15) is 38.5 Å². The van der Waals surface area contributed by atoms with Crippen LogP contribution in [0.3, 0.4) is 0 Å². The molecule has 1 aromatic rings. The molecule has 1 saturated carbocycles. The van der Waals surface area contributed by atoms with Gasteiger partial charge in [0.1, 0.15) is 0 Å². The molecule has 1 aliphatic heterocycles. The average Bonchev–Trinajstić information content (AvgIpc) is 2.80. The maximum Gasteiger partial charge on any atom is 0.191 e. The van der Waals surface area contributed by atoms with Crippen LogP contribution in [0.5, 0.6) is 0 Å². The van der Waals surface area contributed by atoms with Crippen molar-refractivity contribution < 1.29 is 13.2 Å². The van der Waals surface area contributed by atoms with Crippen LogP contribution in [0.2, 0.25) is 0 Å². The van der Waals surface area contributed by atoms with Crippen molar-refractivity contribution in [1.82, 2.24) is 15.5 Å². The molecule has 0 unspecified atom stereocenters. The summed E-state index contributed by atoms with van der Waals surface area (Å²) in [5.41, 5.74) is 0.163. The predicted octanol–water partition coefficient (Wildman–Crippen LogP) is 2.67. The van der Waals surface area contributed by atoms with Crippen LogP contribution in [-0.2, 0) is 14.6 Å². The van der Waals surface area contributed by atoms with Crippen molar-refractivity contribution in [3.63, 3.8) is 0 Å². The molecule has 1 saturated heterocycles. The number of halogens is 1. The highest BCUT2D eigenvalue weighted by atomic mass is 127. The molecule has 3 rings (SSSR count). The summed E-state index contributed by atoms with van der Waals surface area (Å²) >= 11 is 0. The summed E-state index contributed by atoms with van der Waals surface area (Å²) in [6, 6.07) is 8.64. The zero-order valence-corrected chi connectivity index (χ0v) is 21.7. The molecule has 0 amide bonds. The highest BCUT2D eigenvalue weighted by Crippen LogP contribution is 2.33. The zero-order valence-electron chi connectivity index (χ0n) is 18.5. The van der Waals surface area contributed by atoms with Crippen molar-refractivity contribution >= 4 is 39.8 Å². The number of nitrogens with one attached hydrogen (secondary N) is 2. The lowest BCUT2D eigenvalue weighted by Crippen LogP contribution is -2.60. The molecule has 176 valence electrons.